The third kappa shape index (κ3) is 4.67. The van der Waals surface area contributed by atoms with Crippen molar-refractivity contribution in [3.63, 3.8) is 0 Å². The van der Waals surface area contributed by atoms with Gasteiger partial charge in [-0.2, -0.15) is 0 Å². The summed E-state index contributed by atoms with van der Waals surface area (Å²) in [5, 5.41) is 5.74. The fourth-order valence-electron chi connectivity index (χ4n) is 2.67. The molecular weight excluding hydrogens is 388 g/mol. The summed E-state index contributed by atoms with van der Waals surface area (Å²) >= 11 is 6.21. The van der Waals surface area contributed by atoms with E-state index in [1.807, 2.05) is 0 Å². The normalized spacial score (nSPS) is 14.3. The minimum atomic E-state index is -3.41. The maximum atomic E-state index is 12.4. The van der Waals surface area contributed by atoms with Crippen LogP contribution in [0, 0.1) is 5.92 Å². The van der Waals surface area contributed by atoms with Gasteiger partial charge in [0.2, 0.25) is 5.91 Å². The predicted molar refractivity (Wildman–Crippen MR) is 105 cm³/mol. The average Bonchev–Trinajstić information content (AvgIpc) is 2.55. The zero-order chi connectivity index (χ0) is 19.6. The van der Waals surface area contributed by atoms with Crippen molar-refractivity contribution >= 4 is 44.6 Å². The highest BCUT2D eigenvalue weighted by Gasteiger charge is 2.25. The molecule has 2 aromatic rings. The highest BCUT2D eigenvalue weighted by molar-refractivity contribution is 7.90. The molecule has 0 unspecified atom stereocenters. The van der Waals surface area contributed by atoms with E-state index in [-0.39, 0.29) is 27.3 Å². The van der Waals surface area contributed by atoms with Crippen LogP contribution >= 0.6 is 11.6 Å². The first-order valence-corrected chi connectivity index (χ1v) is 10.7. The quantitative estimate of drug-likeness (QED) is 0.791. The maximum Gasteiger partial charge on any atom is 0.255 e. The fourth-order valence-corrected chi connectivity index (χ4v) is 3.57. The van der Waals surface area contributed by atoms with Crippen LogP contribution in [0.25, 0.3) is 0 Å². The maximum absolute atomic E-state index is 12.4. The van der Waals surface area contributed by atoms with Crippen molar-refractivity contribution in [2.24, 2.45) is 5.92 Å². The molecule has 2 N–H and O–H groups in total. The Bertz CT molecular complexity index is 1000. The Kier molecular flexibility index (Phi) is 5.53. The lowest BCUT2D eigenvalue weighted by Gasteiger charge is -2.24. The summed E-state index contributed by atoms with van der Waals surface area (Å²) in [5.41, 5.74) is 1.14. The Morgan fingerprint density at radius 3 is 2.41 bits per heavy atom. The number of anilines is 2. The topological polar surface area (TPSA) is 92.3 Å². The largest absolute Gasteiger partial charge is 0.326 e. The molecule has 6 nitrogen and oxygen atoms in total. The summed E-state index contributed by atoms with van der Waals surface area (Å²) in [7, 11) is -3.41. The van der Waals surface area contributed by atoms with Gasteiger partial charge in [0.1, 0.15) is 0 Å². The van der Waals surface area contributed by atoms with Crippen molar-refractivity contribution in [1.29, 1.82) is 0 Å². The number of nitrogens with one attached hydrogen (secondary N) is 2. The van der Waals surface area contributed by atoms with Crippen molar-refractivity contribution in [3.8, 4) is 0 Å². The van der Waals surface area contributed by atoms with Gasteiger partial charge in [0.25, 0.3) is 5.91 Å². The first-order chi connectivity index (χ1) is 12.7. The summed E-state index contributed by atoms with van der Waals surface area (Å²) in [6.07, 6.45) is 3.96. The first kappa shape index (κ1) is 19.4. The molecule has 2 aromatic carbocycles. The van der Waals surface area contributed by atoms with Crippen LogP contribution in [-0.4, -0.2) is 26.5 Å². The Hall–Kier alpha value is -2.38. The van der Waals surface area contributed by atoms with E-state index < -0.39 is 15.7 Å². The molecule has 142 valence electrons. The number of carbonyl (C=O) groups is 2. The van der Waals surface area contributed by atoms with Crippen molar-refractivity contribution < 1.29 is 18.0 Å². The van der Waals surface area contributed by atoms with E-state index in [0.717, 1.165) is 25.5 Å². The van der Waals surface area contributed by atoms with Crippen LogP contribution < -0.4 is 10.6 Å². The number of halogens is 1. The molecule has 0 radical (unpaired) electrons. The van der Waals surface area contributed by atoms with Crippen LogP contribution in [0.4, 0.5) is 11.4 Å². The lowest BCUT2D eigenvalue weighted by Crippen LogP contribution is -2.28. The molecule has 0 atom stereocenters. The standard InChI is InChI=1S/C19H19ClN2O4S/c1-27(25,26)15-7-3-6-13(10-15)19(24)22-17-9-8-14(11-16(17)20)21-18(23)12-4-2-5-12/h3,6-12H,2,4-5H2,1H3,(H,21,23)(H,22,24). The SMILES string of the molecule is CS(=O)(=O)c1cccc(C(=O)Nc2ccc(NC(=O)C3CCC3)cc2Cl)c1. The highest BCUT2D eigenvalue weighted by atomic mass is 35.5. The Labute approximate surface area is 162 Å². The van der Waals surface area contributed by atoms with Gasteiger partial charge in [0.05, 0.1) is 15.6 Å². The van der Waals surface area contributed by atoms with Crippen LogP contribution in [0.15, 0.2) is 47.4 Å². The summed E-state index contributed by atoms with van der Waals surface area (Å²) in [4.78, 5) is 24.5. The number of benzene rings is 2. The van der Waals surface area contributed by atoms with Gasteiger partial charge in [-0.15, -0.1) is 0 Å². The smallest absolute Gasteiger partial charge is 0.255 e. The van der Waals surface area contributed by atoms with E-state index in [0.29, 0.717) is 11.4 Å². The molecule has 1 aliphatic carbocycles. The molecule has 0 bridgehead atoms. The number of rotatable bonds is 5. The van der Waals surface area contributed by atoms with E-state index in [4.69, 9.17) is 11.6 Å². The second kappa shape index (κ2) is 7.70. The first-order valence-electron chi connectivity index (χ1n) is 8.46. The van der Waals surface area contributed by atoms with Gasteiger partial charge in [0, 0.05) is 23.4 Å². The summed E-state index contributed by atoms with van der Waals surface area (Å²) in [5.74, 6) is -0.439. The van der Waals surface area contributed by atoms with E-state index >= 15 is 0 Å². The molecule has 2 amide bonds. The molecule has 1 saturated carbocycles. The summed E-state index contributed by atoms with van der Waals surface area (Å²) in [6.45, 7) is 0. The second-order valence-electron chi connectivity index (χ2n) is 6.57. The third-order valence-corrected chi connectivity index (χ3v) is 5.91. The number of sulfone groups is 1. The molecule has 0 aromatic heterocycles. The lowest BCUT2D eigenvalue weighted by molar-refractivity contribution is -0.122. The van der Waals surface area contributed by atoms with Crippen LogP contribution in [-0.2, 0) is 14.6 Å². The molecule has 1 fully saturated rings. The van der Waals surface area contributed by atoms with Crippen LogP contribution in [0.3, 0.4) is 0 Å². The van der Waals surface area contributed by atoms with E-state index in [2.05, 4.69) is 10.6 Å². The Morgan fingerprint density at radius 1 is 1.07 bits per heavy atom. The number of hydrogen-bond donors (Lipinski definition) is 2. The van der Waals surface area contributed by atoms with Gasteiger partial charge < -0.3 is 10.6 Å². The van der Waals surface area contributed by atoms with Gasteiger partial charge in [-0.05, 0) is 49.2 Å². The van der Waals surface area contributed by atoms with Gasteiger partial charge in [-0.25, -0.2) is 8.42 Å². The van der Waals surface area contributed by atoms with Crippen molar-refractivity contribution in [2.75, 3.05) is 16.9 Å². The minimum absolute atomic E-state index is 0.0216. The Balaban J connectivity index is 1.72. The summed E-state index contributed by atoms with van der Waals surface area (Å²) < 4.78 is 23.3. The van der Waals surface area contributed by atoms with Gasteiger partial charge in [-0.1, -0.05) is 24.1 Å². The molecule has 3 rings (SSSR count). The zero-order valence-corrected chi connectivity index (χ0v) is 16.2. The van der Waals surface area contributed by atoms with E-state index in [9.17, 15) is 18.0 Å². The Morgan fingerprint density at radius 2 is 1.81 bits per heavy atom. The van der Waals surface area contributed by atoms with Gasteiger partial charge >= 0.3 is 0 Å². The van der Waals surface area contributed by atoms with Crippen LogP contribution in [0.1, 0.15) is 29.6 Å². The summed E-state index contributed by atoms with van der Waals surface area (Å²) in [6, 6.07) is 10.6. The van der Waals surface area contributed by atoms with Crippen molar-refractivity contribution in [1.82, 2.24) is 0 Å². The van der Waals surface area contributed by atoms with Crippen LogP contribution in [0.2, 0.25) is 5.02 Å². The van der Waals surface area contributed by atoms with Crippen molar-refractivity contribution in [2.45, 2.75) is 24.2 Å². The molecule has 0 saturated heterocycles. The number of hydrogen-bond acceptors (Lipinski definition) is 4. The lowest BCUT2D eigenvalue weighted by atomic mass is 9.85. The second-order valence-corrected chi connectivity index (χ2v) is 8.99. The molecule has 27 heavy (non-hydrogen) atoms. The van der Waals surface area contributed by atoms with Gasteiger partial charge in [-0.3, -0.25) is 9.59 Å². The molecular formula is C19H19ClN2O4S. The van der Waals surface area contributed by atoms with E-state index in [1.165, 1.54) is 24.3 Å². The minimum Gasteiger partial charge on any atom is -0.326 e. The highest BCUT2D eigenvalue weighted by Crippen LogP contribution is 2.30. The molecule has 0 aliphatic heterocycles. The monoisotopic (exact) mass is 406 g/mol. The predicted octanol–water partition coefficient (Wildman–Crippen LogP) is 3.73. The van der Waals surface area contributed by atoms with E-state index in [1.54, 1.807) is 18.2 Å². The molecule has 0 spiro atoms. The number of amides is 2. The van der Waals surface area contributed by atoms with Crippen molar-refractivity contribution in [3.05, 3.63) is 53.1 Å². The zero-order valence-electron chi connectivity index (χ0n) is 14.7. The number of carbonyl (C=O) groups excluding carboxylic acids is 2. The fraction of sp³-hybridized carbons (Fsp3) is 0.263. The van der Waals surface area contributed by atoms with Gasteiger partial charge in [0.15, 0.2) is 9.84 Å². The third-order valence-electron chi connectivity index (χ3n) is 4.49. The molecule has 8 heteroatoms. The van der Waals surface area contributed by atoms with Crippen LogP contribution in [0.5, 0.6) is 0 Å². The molecule has 1 aliphatic rings. The molecule has 0 heterocycles. The average molecular weight is 407 g/mol.